The van der Waals surface area contributed by atoms with Gasteiger partial charge in [-0.1, -0.05) is 18.2 Å². The minimum atomic E-state index is -0.948. The van der Waals surface area contributed by atoms with Crippen molar-refractivity contribution in [1.82, 2.24) is 4.90 Å². The van der Waals surface area contributed by atoms with Crippen LogP contribution >= 0.6 is 0 Å². The zero-order valence-corrected chi connectivity index (χ0v) is 14.4. The average molecular weight is 339 g/mol. The number of fused-ring (bicyclic) bond motifs is 1. The second-order valence-corrected chi connectivity index (χ2v) is 6.30. The van der Waals surface area contributed by atoms with Crippen molar-refractivity contribution >= 4 is 11.9 Å². The van der Waals surface area contributed by atoms with E-state index >= 15 is 0 Å². The van der Waals surface area contributed by atoms with Crippen molar-refractivity contribution in [1.29, 1.82) is 0 Å². The van der Waals surface area contributed by atoms with Crippen molar-refractivity contribution in [3.8, 4) is 5.75 Å². The summed E-state index contributed by atoms with van der Waals surface area (Å²) < 4.78 is 5.23. The molecule has 1 aliphatic rings. The summed E-state index contributed by atoms with van der Waals surface area (Å²) in [6.45, 7) is 2.98. The van der Waals surface area contributed by atoms with Gasteiger partial charge in [-0.2, -0.15) is 0 Å². The molecular weight excluding hydrogens is 318 g/mol. The lowest BCUT2D eigenvalue weighted by Gasteiger charge is -2.31. The highest BCUT2D eigenvalue weighted by Crippen LogP contribution is 2.26. The number of aromatic carboxylic acids is 1. The number of rotatable bonds is 4. The van der Waals surface area contributed by atoms with Crippen molar-refractivity contribution in [3.05, 3.63) is 64.7 Å². The summed E-state index contributed by atoms with van der Waals surface area (Å²) in [6.07, 6.45) is 0.742. The van der Waals surface area contributed by atoms with Gasteiger partial charge in [0.25, 0.3) is 0 Å². The van der Waals surface area contributed by atoms with E-state index < -0.39 is 5.97 Å². The van der Waals surface area contributed by atoms with Gasteiger partial charge in [-0.05, 0) is 54.3 Å². The van der Waals surface area contributed by atoms with Crippen molar-refractivity contribution in [2.45, 2.75) is 25.8 Å². The van der Waals surface area contributed by atoms with Gasteiger partial charge >= 0.3 is 5.97 Å². The van der Waals surface area contributed by atoms with Gasteiger partial charge in [0.2, 0.25) is 5.91 Å². The summed E-state index contributed by atoms with van der Waals surface area (Å²) in [4.78, 5) is 25.9. The van der Waals surface area contributed by atoms with E-state index in [1.165, 1.54) is 0 Å². The molecule has 1 unspecified atom stereocenters. The maximum absolute atomic E-state index is 12.9. The average Bonchev–Trinajstić information content (AvgIpc) is 2.65. The molecule has 0 bridgehead atoms. The van der Waals surface area contributed by atoms with Crippen molar-refractivity contribution in [3.63, 3.8) is 0 Å². The lowest BCUT2D eigenvalue weighted by atomic mass is 9.94. The molecule has 3 rings (SSSR count). The quantitative estimate of drug-likeness (QED) is 0.929. The second kappa shape index (κ2) is 6.97. The minimum absolute atomic E-state index is 0.0413. The first-order valence-corrected chi connectivity index (χ1v) is 8.27. The van der Waals surface area contributed by atoms with E-state index in [4.69, 9.17) is 9.84 Å². The van der Waals surface area contributed by atoms with Gasteiger partial charge in [-0.3, -0.25) is 4.79 Å². The molecule has 1 aliphatic heterocycles. The molecule has 2 aromatic rings. The molecule has 5 heteroatoms. The number of carboxylic acids is 1. The van der Waals surface area contributed by atoms with Gasteiger partial charge in [0.05, 0.1) is 18.6 Å². The van der Waals surface area contributed by atoms with Crippen LogP contribution in [0.25, 0.3) is 0 Å². The number of nitrogens with zero attached hydrogens (tertiary/aromatic N) is 1. The van der Waals surface area contributed by atoms with Crippen LogP contribution in [0.3, 0.4) is 0 Å². The fourth-order valence-electron chi connectivity index (χ4n) is 3.21. The Balaban J connectivity index is 1.79. The third-order valence-electron chi connectivity index (χ3n) is 4.74. The molecular formula is C20H21NO4. The van der Waals surface area contributed by atoms with Crippen LogP contribution in [0, 0.1) is 0 Å². The lowest BCUT2D eigenvalue weighted by molar-refractivity contribution is -0.133. The molecule has 0 saturated carbocycles. The standard InChI is InChI=1S/C20H21NO4/c1-13(15-4-3-5-18(11-15)25-2)19(22)21-9-8-14-6-7-16(20(23)24)10-17(14)12-21/h3-7,10-11,13H,8-9,12H2,1-2H3,(H,23,24). The van der Waals surface area contributed by atoms with E-state index in [-0.39, 0.29) is 17.4 Å². The van der Waals surface area contributed by atoms with Crippen LogP contribution in [-0.4, -0.2) is 35.5 Å². The highest BCUT2D eigenvalue weighted by Gasteiger charge is 2.26. The molecule has 1 N–H and O–H groups in total. The van der Waals surface area contributed by atoms with Crippen molar-refractivity contribution in [2.24, 2.45) is 0 Å². The molecule has 0 fully saturated rings. The number of benzene rings is 2. The number of carbonyl (C=O) groups excluding carboxylic acids is 1. The molecule has 0 aromatic heterocycles. The first-order valence-electron chi connectivity index (χ1n) is 8.27. The summed E-state index contributed by atoms with van der Waals surface area (Å²) in [6, 6.07) is 12.7. The SMILES string of the molecule is COc1cccc(C(C)C(=O)N2CCc3ccc(C(=O)O)cc3C2)c1. The summed E-state index contributed by atoms with van der Waals surface area (Å²) in [5, 5.41) is 9.16. The monoisotopic (exact) mass is 339 g/mol. The predicted octanol–water partition coefficient (Wildman–Crippen LogP) is 3.08. The second-order valence-electron chi connectivity index (χ2n) is 6.30. The number of ether oxygens (including phenoxy) is 1. The molecule has 25 heavy (non-hydrogen) atoms. The molecule has 1 atom stereocenters. The fraction of sp³-hybridized carbons (Fsp3) is 0.300. The Bertz CT molecular complexity index is 815. The predicted molar refractivity (Wildman–Crippen MR) is 93.9 cm³/mol. The Morgan fingerprint density at radius 2 is 1.96 bits per heavy atom. The number of hydrogen-bond acceptors (Lipinski definition) is 3. The number of carboxylic acid groups (broad SMARTS) is 1. The molecule has 2 aromatic carbocycles. The van der Waals surface area contributed by atoms with Crippen molar-refractivity contribution in [2.75, 3.05) is 13.7 Å². The first kappa shape index (κ1) is 17.0. The van der Waals surface area contributed by atoms with E-state index in [0.717, 1.165) is 28.9 Å². The summed E-state index contributed by atoms with van der Waals surface area (Å²) in [5.74, 6) is -0.456. The number of methoxy groups -OCH3 is 1. The number of carbonyl (C=O) groups is 2. The third kappa shape index (κ3) is 3.50. The third-order valence-corrected chi connectivity index (χ3v) is 4.74. The smallest absolute Gasteiger partial charge is 0.335 e. The summed E-state index contributed by atoms with van der Waals surface area (Å²) >= 11 is 0. The first-order chi connectivity index (χ1) is 12.0. The van der Waals surface area contributed by atoms with Gasteiger partial charge in [0, 0.05) is 13.1 Å². The molecule has 0 spiro atoms. The highest BCUT2D eigenvalue weighted by atomic mass is 16.5. The Morgan fingerprint density at radius 1 is 1.16 bits per heavy atom. The van der Waals surface area contributed by atoms with Crippen LogP contribution in [0.15, 0.2) is 42.5 Å². The summed E-state index contributed by atoms with van der Waals surface area (Å²) in [7, 11) is 1.60. The Labute approximate surface area is 146 Å². The fourth-order valence-corrected chi connectivity index (χ4v) is 3.21. The van der Waals surface area contributed by atoms with Gasteiger partial charge < -0.3 is 14.7 Å². The Morgan fingerprint density at radius 3 is 2.68 bits per heavy atom. The minimum Gasteiger partial charge on any atom is -0.497 e. The Hall–Kier alpha value is -2.82. The molecule has 0 aliphatic carbocycles. The van der Waals surface area contributed by atoms with Gasteiger partial charge in [0.15, 0.2) is 0 Å². The van der Waals surface area contributed by atoms with E-state index in [1.54, 1.807) is 24.1 Å². The van der Waals surface area contributed by atoms with Crippen LogP contribution < -0.4 is 4.74 Å². The molecule has 1 heterocycles. The highest BCUT2D eigenvalue weighted by molar-refractivity contribution is 5.88. The number of hydrogen-bond donors (Lipinski definition) is 1. The maximum Gasteiger partial charge on any atom is 0.335 e. The molecule has 5 nitrogen and oxygen atoms in total. The lowest BCUT2D eigenvalue weighted by Crippen LogP contribution is -2.38. The normalized spacial score (nSPS) is 14.6. The molecule has 130 valence electrons. The van der Waals surface area contributed by atoms with Crippen LogP contribution in [0.4, 0.5) is 0 Å². The van der Waals surface area contributed by atoms with E-state index in [9.17, 15) is 9.59 Å². The molecule has 1 amide bonds. The van der Waals surface area contributed by atoms with Crippen LogP contribution in [0.1, 0.15) is 39.9 Å². The van der Waals surface area contributed by atoms with E-state index in [2.05, 4.69) is 0 Å². The number of amides is 1. The topological polar surface area (TPSA) is 66.8 Å². The van der Waals surface area contributed by atoms with E-state index in [0.29, 0.717) is 13.1 Å². The Kier molecular flexibility index (Phi) is 4.74. The van der Waals surface area contributed by atoms with Crippen molar-refractivity contribution < 1.29 is 19.4 Å². The van der Waals surface area contributed by atoms with E-state index in [1.807, 2.05) is 37.3 Å². The van der Waals surface area contributed by atoms with Crippen LogP contribution in [-0.2, 0) is 17.8 Å². The molecule has 0 radical (unpaired) electrons. The molecule has 0 saturated heterocycles. The zero-order valence-electron chi connectivity index (χ0n) is 14.4. The zero-order chi connectivity index (χ0) is 18.0. The van der Waals surface area contributed by atoms with Gasteiger partial charge in [-0.25, -0.2) is 4.79 Å². The maximum atomic E-state index is 12.9. The van der Waals surface area contributed by atoms with Gasteiger partial charge in [0.1, 0.15) is 5.75 Å². The summed E-state index contributed by atoms with van der Waals surface area (Å²) in [5.41, 5.74) is 3.20. The van der Waals surface area contributed by atoms with Crippen LogP contribution in [0.2, 0.25) is 0 Å². The van der Waals surface area contributed by atoms with Crippen LogP contribution in [0.5, 0.6) is 5.75 Å². The largest absolute Gasteiger partial charge is 0.497 e. The van der Waals surface area contributed by atoms with Gasteiger partial charge in [-0.15, -0.1) is 0 Å².